The molecule has 0 aromatic heterocycles. The summed E-state index contributed by atoms with van der Waals surface area (Å²) in [5, 5.41) is 0. The van der Waals surface area contributed by atoms with Crippen LogP contribution in [0.3, 0.4) is 0 Å². The first kappa shape index (κ1) is 13.7. The second-order valence-corrected chi connectivity index (χ2v) is 3.72. The van der Waals surface area contributed by atoms with Crippen LogP contribution in [-0.4, -0.2) is 18.6 Å². The number of esters is 1. The fraction of sp³-hybridized carbons (Fsp3) is 0.900. The highest BCUT2D eigenvalue weighted by Gasteiger charge is 2.24. The average molecular weight is 222 g/mol. The van der Waals surface area contributed by atoms with Gasteiger partial charge in [0, 0.05) is 6.04 Å². The van der Waals surface area contributed by atoms with Crippen LogP contribution in [0, 0.1) is 5.92 Å². The van der Waals surface area contributed by atoms with Gasteiger partial charge in [0.05, 0.1) is 13.0 Å². The third-order valence-corrected chi connectivity index (χ3v) is 2.71. The van der Waals surface area contributed by atoms with Crippen molar-refractivity contribution in [3.8, 4) is 0 Å². The molecular formula is C10H20ClNO2. The zero-order valence-electron chi connectivity index (χ0n) is 8.70. The van der Waals surface area contributed by atoms with Crippen LogP contribution in [0.15, 0.2) is 0 Å². The summed E-state index contributed by atoms with van der Waals surface area (Å²) >= 11 is 0. The van der Waals surface area contributed by atoms with Crippen molar-refractivity contribution < 1.29 is 9.53 Å². The van der Waals surface area contributed by atoms with Gasteiger partial charge in [0.25, 0.3) is 0 Å². The topological polar surface area (TPSA) is 52.3 Å². The molecule has 0 amide bonds. The number of carbonyl (C=O) groups is 1. The third-order valence-electron chi connectivity index (χ3n) is 2.71. The lowest BCUT2D eigenvalue weighted by Gasteiger charge is -2.17. The second-order valence-electron chi connectivity index (χ2n) is 3.72. The number of nitrogens with two attached hydrogens (primary N) is 1. The highest BCUT2D eigenvalue weighted by atomic mass is 35.5. The third kappa shape index (κ3) is 4.29. The van der Waals surface area contributed by atoms with Gasteiger partial charge in [-0.25, -0.2) is 0 Å². The van der Waals surface area contributed by atoms with Gasteiger partial charge >= 0.3 is 5.97 Å². The summed E-state index contributed by atoms with van der Waals surface area (Å²) in [6.07, 6.45) is 5.28. The summed E-state index contributed by atoms with van der Waals surface area (Å²) in [5.74, 6) is 0.395. The summed E-state index contributed by atoms with van der Waals surface area (Å²) < 4.78 is 4.85. The highest BCUT2D eigenvalue weighted by Crippen LogP contribution is 2.27. The van der Waals surface area contributed by atoms with E-state index in [-0.39, 0.29) is 24.4 Å². The maximum absolute atomic E-state index is 11.1. The Morgan fingerprint density at radius 2 is 2.07 bits per heavy atom. The molecule has 0 bridgehead atoms. The van der Waals surface area contributed by atoms with E-state index in [0.717, 1.165) is 0 Å². The van der Waals surface area contributed by atoms with Crippen LogP contribution in [0.5, 0.6) is 0 Å². The minimum Gasteiger partial charge on any atom is -0.466 e. The zero-order valence-corrected chi connectivity index (χ0v) is 9.52. The van der Waals surface area contributed by atoms with Crippen molar-refractivity contribution in [3.63, 3.8) is 0 Å². The Hall–Kier alpha value is -0.280. The Morgan fingerprint density at radius 3 is 2.57 bits per heavy atom. The van der Waals surface area contributed by atoms with Crippen molar-refractivity contribution in [2.45, 2.75) is 45.1 Å². The van der Waals surface area contributed by atoms with Gasteiger partial charge in [-0.2, -0.15) is 0 Å². The Kier molecular flexibility index (Phi) is 6.93. The minimum absolute atomic E-state index is 0. The number of hydrogen-bond acceptors (Lipinski definition) is 3. The molecule has 1 aliphatic rings. The lowest BCUT2D eigenvalue weighted by molar-refractivity contribution is -0.143. The quantitative estimate of drug-likeness (QED) is 0.738. The van der Waals surface area contributed by atoms with Crippen molar-refractivity contribution in [2.24, 2.45) is 11.7 Å². The number of hydrogen-bond donors (Lipinski definition) is 1. The van der Waals surface area contributed by atoms with Gasteiger partial charge in [0.2, 0.25) is 0 Å². The van der Waals surface area contributed by atoms with Crippen LogP contribution in [-0.2, 0) is 9.53 Å². The fourth-order valence-corrected chi connectivity index (χ4v) is 1.96. The van der Waals surface area contributed by atoms with Crippen molar-refractivity contribution in [1.29, 1.82) is 0 Å². The summed E-state index contributed by atoms with van der Waals surface area (Å²) in [6, 6.07) is 0.0153. The van der Waals surface area contributed by atoms with Crippen LogP contribution < -0.4 is 5.73 Å². The first-order chi connectivity index (χ1) is 6.24. The molecule has 0 aromatic carbocycles. The first-order valence-electron chi connectivity index (χ1n) is 5.15. The van der Waals surface area contributed by atoms with Gasteiger partial charge < -0.3 is 10.5 Å². The second kappa shape index (κ2) is 7.07. The molecule has 0 heterocycles. The molecule has 2 N–H and O–H groups in total. The van der Waals surface area contributed by atoms with E-state index in [9.17, 15) is 4.79 Å². The molecule has 1 rings (SSSR count). The van der Waals surface area contributed by atoms with Gasteiger partial charge in [0.1, 0.15) is 0 Å². The smallest absolute Gasteiger partial charge is 0.307 e. The molecule has 1 fully saturated rings. The van der Waals surface area contributed by atoms with E-state index in [0.29, 0.717) is 18.9 Å². The van der Waals surface area contributed by atoms with Gasteiger partial charge in [0.15, 0.2) is 0 Å². The summed E-state index contributed by atoms with van der Waals surface area (Å²) in [7, 11) is 0. The molecule has 0 aromatic rings. The molecule has 4 heteroatoms. The Morgan fingerprint density at radius 1 is 1.50 bits per heavy atom. The van der Waals surface area contributed by atoms with E-state index >= 15 is 0 Å². The number of ether oxygens (including phenoxy) is 1. The van der Waals surface area contributed by atoms with Crippen molar-refractivity contribution >= 4 is 18.4 Å². The molecule has 3 nitrogen and oxygen atoms in total. The lowest BCUT2D eigenvalue weighted by Crippen LogP contribution is -2.31. The molecule has 1 saturated carbocycles. The highest BCUT2D eigenvalue weighted by molar-refractivity contribution is 5.85. The van der Waals surface area contributed by atoms with Crippen LogP contribution in [0.2, 0.25) is 0 Å². The maximum Gasteiger partial charge on any atom is 0.307 e. The van der Waals surface area contributed by atoms with E-state index in [2.05, 4.69) is 0 Å². The number of halogens is 1. The molecule has 1 aliphatic carbocycles. The van der Waals surface area contributed by atoms with Crippen LogP contribution in [0.1, 0.15) is 39.0 Å². The van der Waals surface area contributed by atoms with E-state index in [1.165, 1.54) is 25.7 Å². The molecular weight excluding hydrogens is 202 g/mol. The van der Waals surface area contributed by atoms with E-state index in [4.69, 9.17) is 10.5 Å². The molecule has 0 saturated heterocycles. The van der Waals surface area contributed by atoms with Crippen LogP contribution in [0.25, 0.3) is 0 Å². The Balaban J connectivity index is 0.00000169. The van der Waals surface area contributed by atoms with Gasteiger partial charge in [-0.3, -0.25) is 4.79 Å². The van der Waals surface area contributed by atoms with E-state index in [1.54, 1.807) is 0 Å². The monoisotopic (exact) mass is 221 g/mol. The Bertz CT molecular complexity index is 170. The van der Waals surface area contributed by atoms with Crippen molar-refractivity contribution in [3.05, 3.63) is 0 Å². The Labute approximate surface area is 91.8 Å². The maximum atomic E-state index is 11.1. The number of carbonyl (C=O) groups excluding carboxylic acids is 1. The minimum atomic E-state index is -0.151. The predicted octanol–water partition coefficient (Wildman–Crippen LogP) is 1.88. The predicted molar refractivity (Wildman–Crippen MR) is 58.4 cm³/mol. The molecule has 0 aliphatic heterocycles. The van der Waals surface area contributed by atoms with Gasteiger partial charge in [-0.15, -0.1) is 12.4 Å². The van der Waals surface area contributed by atoms with Crippen molar-refractivity contribution in [1.82, 2.24) is 0 Å². The SMILES string of the molecule is CCOC(=O)C[C@H](N)C1CCCC1.Cl. The largest absolute Gasteiger partial charge is 0.466 e. The standard InChI is InChI=1S/C10H19NO2.ClH/c1-2-13-10(12)7-9(11)8-5-3-4-6-8;/h8-9H,2-7,11H2,1H3;1H/t9-;/m0./s1. The average Bonchev–Trinajstić information content (AvgIpc) is 2.55. The zero-order chi connectivity index (χ0) is 9.68. The van der Waals surface area contributed by atoms with Gasteiger partial charge in [-0.05, 0) is 25.7 Å². The first-order valence-corrected chi connectivity index (χ1v) is 5.15. The van der Waals surface area contributed by atoms with Gasteiger partial charge in [-0.1, -0.05) is 12.8 Å². The van der Waals surface area contributed by atoms with Crippen LogP contribution in [0.4, 0.5) is 0 Å². The molecule has 0 unspecified atom stereocenters. The summed E-state index contributed by atoms with van der Waals surface area (Å²) in [4.78, 5) is 11.1. The normalized spacial score (nSPS) is 18.7. The fourth-order valence-electron chi connectivity index (χ4n) is 1.96. The van der Waals surface area contributed by atoms with E-state index < -0.39 is 0 Å². The molecule has 0 radical (unpaired) electrons. The lowest BCUT2D eigenvalue weighted by atomic mass is 9.96. The van der Waals surface area contributed by atoms with E-state index in [1.807, 2.05) is 6.92 Å². The molecule has 1 atom stereocenters. The van der Waals surface area contributed by atoms with Crippen LogP contribution >= 0.6 is 12.4 Å². The number of rotatable bonds is 4. The molecule has 14 heavy (non-hydrogen) atoms. The molecule has 84 valence electrons. The van der Waals surface area contributed by atoms with Crippen molar-refractivity contribution in [2.75, 3.05) is 6.61 Å². The molecule has 0 spiro atoms. The summed E-state index contributed by atoms with van der Waals surface area (Å²) in [5.41, 5.74) is 5.91. The summed E-state index contributed by atoms with van der Waals surface area (Å²) in [6.45, 7) is 2.27.